The highest BCUT2D eigenvalue weighted by Crippen LogP contribution is 2.35. The summed E-state index contributed by atoms with van der Waals surface area (Å²) in [7, 11) is 0. The molecular formula is C16H23Br3O. The Balaban J connectivity index is 2.25. The maximum absolute atomic E-state index is 5.89. The van der Waals surface area contributed by atoms with Crippen LogP contribution in [0.4, 0.5) is 0 Å². The minimum Gasteiger partial charge on any atom is -0.491 e. The zero-order valence-corrected chi connectivity index (χ0v) is 16.8. The Bertz CT molecular complexity index is 370. The molecule has 0 unspecified atom stereocenters. The quantitative estimate of drug-likeness (QED) is 0.259. The Morgan fingerprint density at radius 1 is 0.900 bits per heavy atom. The fourth-order valence-electron chi connectivity index (χ4n) is 2.06. The highest BCUT2D eigenvalue weighted by atomic mass is 79.9. The molecule has 1 aromatic rings. The van der Waals surface area contributed by atoms with Gasteiger partial charge in [0.1, 0.15) is 5.75 Å². The predicted molar refractivity (Wildman–Crippen MR) is 98.0 cm³/mol. The molecule has 0 radical (unpaired) electrons. The number of hydrogen-bond donors (Lipinski definition) is 0. The van der Waals surface area contributed by atoms with Crippen molar-refractivity contribution in [1.82, 2.24) is 0 Å². The van der Waals surface area contributed by atoms with Gasteiger partial charge in [-0.3, -0.25) is 0 Å². The molecule has 0 spiro atoms. The Hall–Kier alpha value is 0.460. The van der Waals surface area contributed by atoms with Gasteiger partial charge in [-0.15, -0.1) is 0 Å². The van der Waals surface area contributed by atoms with E-state index in [1.54, 1.807) is 0 Å². The summed E-state index contributed by atoms with van der Waals surface area (Å²) >= 11 is 10.6. The lowest BCUT2D eigenvalue weighted by Gasteiger charge is -2.11. The highest BCUT2D eigenvalue weighted by Gasteiger charge is 2.08. The van der Waals surface area contributed by atoms with Gasteiger partial charge < -0.3 is 4.74 Å². The van der Waals surface area contributed by atoms with Gasteiger partial charge in [0.25, 0.3) is 0 Å². The van der Waals surface area contributed by atoms with Crippen molar-refractivity contribution in [2.75, 3.05) is 6.61 Å². The lowest BCUT2D eigenvalue weighted by atomic mass is 10.1. The first-order valence-electron chi connectivity index (χ1n) is 7.35. The molecule has 0 fully saturated rings. The van der Waals surface area contributed by atoms with E-state index in [2.05, 4.69) is 66.8 Å². The molecule has 0 amide bonds. The van der Waals surface area contributed by atoms with Crippen molar-refractivity contribution in [2.45, 2.75) is 57.2 Å². The van der Waals surface area contributed by atoms with Crippen LogP contribution in [-0.2, 0) is 5.33 Å². The minimum absolute atomic E-state index is 0.790. The number of unbranched alkanes of at least 4 members (excludes halogenated alkanes) is 6. The molecule has 20 heavy (non-hydrogen) atoms. The van der Waals surface area contributed by atoms with E-state index in [1.165, 1.54) is 44.1 Å². The van der Waals surface area contributed by atoms with Crippen molar-refractivity contribution in [3.63, 3.8) is 0 Å². The molecule has 0 heterocycles. The fourth-order valence-corrected chi connectivity index (χ4v) is 3.89. The molecule has 0 aliphatic rings. The van der Waals surface area contributed by atoms with E-state index in [9.17, 15) is 0 Å². The fraction of sp³-hybridized carbons (Fsp3) is 0.625. The number of alkyl halides is 1. The summed E-state index contributed by atoms with van der Waals surface area (Å²) in [6.45, 7) is 3.04. The highest BCUT2D eigenvalue weighted by molar-refractivity contribution is 9.11. The lowest BCUT2D eigenvalue weighted by Crippen LogP contribution is -1.99. The zero-order valence-electron chi connectivity index (χ0n) is 12.1. The van der Waals surface area contributed by atoms with E-state index in [4.69, 9.17) is 4.74 Å². The van der Waals surface area contributed by atoms with Crippen LogP contribution in [0.2, 0.25) is 0 Å². The van der Waals surface area contributed by atoms with Gasteiger partial charge in [-0.1, -0.05) is 61.4 Å². The topological polar surface area (TPSA) is 9.23 Å². The molecule has 0 atom stereocenters. The summed E-state index contributed by atoms with van der Waals surface area (Å²) in [6, 6.07) is 4.19. The summed E-state index contributed by atoms with van der Waals surface area (Å²) in [5.41, 5.74) is 1.23. The molecule has 0 aliphatic carbocycles. The first-order valence-corrected chi connectivity index (χ1v) is 10.1. The van der Waals surface area contributed by atoms with Crippen LogP contribution >= 0.6 is 47.8 Å². The van der Waals surface area contributed by atoms with Crippen molar-refractivity contribution >= 4 is 47.8 Å². The largest absolute Gasteiger partial charge is 0.491 e. The number of hydrogen-bond acceptors (Lipinski definition) is 1. The smallest absolute Gasteiger partial charge is 0.147 e. The van der Waals surface area contributed by atoms with Gasteiger partial charge in [0.15, 0.2) is 0 Å². The van der Waals surface area contributed by atoms with Crippen molar-refractivity contribution in [3.8, 4) is 5.75 Å². The molecular weight excluding hydrogens is 448 g/mol. The summed E-state index contributed by atoms with van der Waals surface area (Å²) in [4.78, 5) is 0. The van der Waals surface area contributed by atoms with Gasteiger partial charge in [-0.25, -0.2) is 0 Å². The molecule has 0 saturated heterocycles. The number of ether oxygens (including phenoxy) is 1. The first kappa shape index (κ1) is 18.5. The van der Waals surface area contributed by atoms with Crippen LogP contribution < -0.4 is 4.74 Å². The van der Waals surface area contributed by atoms with Crippen molar-refractivity contribution in [1.29, 1.82) is 0 Å². The summed E-state index contributed by atoms with van der Waals surface area (Å²) in [6.07, 6.45) is 9.15. The van der Waals surface area contributed by atoms with Gasteiger partial charge in [0, 0.05) is 5.33 Å². The lowest BCUT2D eigenvalue weighted by molar-refractivity contribution is 0.300. The standard InChI is InChI=1S/C16H23Br3O/c1-2-3-4-5-6-7-8-9-20-16-14(18)10-13(12-17)11-15(16)19/h10-11H,2-9,12H2,1H3. The Kier molecular flexibility index (Phi) is 10.3. The first-order chi connectivity index (χ1) is 9.69. The second-order valence-corrected chi connectivity index (χ2v) is 7.26. The summed E-state index contributed by atoms with van der Waals surface area (Å²) < 4.78 is 7.92. The van der Waals surface area contributed by atoms with Gasteiger partial charge >= 0.3 is 0 Å². The summed E-state index contributed by atoms with van der Waals surface area (Å²) in [5.74, 6) is 0.917. The van der Waals surface area contributed by atoms with Gasteiger partial charge in [-0.2, -0.15) is 0 Å². The Morgan fingerprint density at radius 2 is 1.45 bits per heavy atom. The molecule has 0 aliphatic heterocycles. The number of halogens is 3. The van der Waals surface area contributed by atoms with Crippen LogP contribution in [0.15, 0.2) is 21.1 Å². The van der Waals surface area contributed by atoms with E-state index >= 15 is 0 Å². The average molecular weight is 471 g/mol. The van der Waals surface area contributed by atoms with Crippen LogP contribution in [0.25, 0.3) is 0 Å². The van der Waals surface area contributed by atoms with E-state index in [0.29, 0.717) is 0 Å². The van der Waals surface area contributed by atoms with Crippen LogP contribution in [0.3, 0.4) is 0 Å². The van der Waals surface area contributed by atoms with Crippen molar-refractivity contribution in [2.24, 2.45) is 0 Å². The molecule has 1 nitrogen and oxygen atoms in total. The minimum atomic E-state index is 0.790. The van der Waals surface area contributed by atoms with E-state index in [0.717, 1.165) is 33.1 Å². The molecule has 0 N–H and O–H groups in total. The van der Waals surface area contributed by atoms with E-state index in [1.807, 2.05) is 0 Å². The maximum Gasteiger partial charge on any atom is 0.147 e. The molecule has 1 aromatic carbocycles. The van der Waals surface area contributed by atoms with Gasteiger partial charge in [0.2, 0.25) is 0 Å². The van der Waals surface area contributed by atoms with Gasteiger partial charge in [-0.05, 0) is 56.0 Å². The van der Waals surface area contributed by atoms with E-state index < -0.39 is 0 Å². The molecule has 114 valence electrons. The maximum atomic E-state index is 5.89. The second-order valence-electron chi connectivity index (χ2n) is 4.99. The van der Waals surface area contributed by atoms with Crippen molar-refractivity contribution in [3.05, 3.63) is 26.6 Å². The molecule has 0 saturated carbocycles. The molecule has 0 bridgehead atoms. The third kappa shape index (κ3) is 6.95. The zero-order chi connectivity index (χ0) is 14.8. The monoisotopic (exact) mass is 468 g/mol. The van der Waals surface area contributed by atoms with Crippen LogP contribution in [-0.4, -0.2) is 6.61 Å². The van der Waals surface area contributed by atoms with Crippen molar-refractivity contribution < 1.29 is 4.74 Å². The molecule has 1 rings (SSSR count). The van der Waals surface area contributed by atoms with E-state index in [-0.39, 0.29) is 0 Å². The molecule has 0 aromatic heterocycles. The van der Waals surface area contributed by atoms with Crippen LogP contribution in [0, 0.1) is 0 Å². The third-order valence-corrected chi connectivity index (χ3v) is 5.03. The average Bonchev–Trinajstić information content (AvgIpc) is 2.43. The number of benzene rings is 1. The van der Waals surface area contributed by atoms with Gasteiger partial charge in [0.05, 0.1) is 15.6 Å². The normalized spacial score (nSPS) is 10.8. The Labute approximate surface area is 148 Å². The van der Waals surface area contributed by atoms with Crippen LogP contribution in [0.5, 0.6) is 5.75 Å². The predicted octanol–water partition coefficient (Wildman–Crippen LogP) is 7.24. The molecule has 4 heteroatoms. The van der Waals surface area contributed by atoms with Crippen LogP contribution in [0.1, 0.15) is 57.4 Å². The SMILES string of the molecule is CCCCCCCCCOc1c(Br)cc(CBr)cc1Br. The number of rotatable bonds is 10. The Morgan fingerprint density at radius 3 is 2.00 bits per heavy atom. The summed E-state index contributed by atoms with van der Waals surface area (Å²) in [5, 5.41) is 0.849. The third-order valence-electron chi connectivity index (χ3n) is 3.21. The second kappa shape index (κ2) is 11.1.